The maximum Gasteiger partial charge on any atom is 0.128 e. The predicted octanol–water partition coefficient (Wildman–Crippen LogP) is 2.28. The monoisotopic (exact) mass is 263 g/mol. The summed E-state index contributed by atoms with van der Waals surface area (Å²) in [6.45, 7) is 5.53. The highest BCUT2D eigenvalue weighted by Crippen LogP contribution is 2.23. The van der Waals surface area contributed by atoms with Crippen molar-refractivity contribution in [1.82, 2.24) is 10.3 Å². The van der Waals surface area contributed by atoms with E-state index in [2.05, 4.69) is 46.0 Å². The topological polar surface area (TPSA) is 28.2 Å². The Morgan fingerprint density at radius 3 is 3.17 bits per heavy atom. The van der Waals surface area contributed by atoms with Crippen molar-refractivity contribution in [3.05, 3.63) is 23.9 Å². The molecule has 3 nitrogen and oxygen atoms in total. The Kier molecular flexibility index (Phi) is 3.75. The number of nitrogens with one attached hydrogen (secondary N) is 1. The molecule has 0 aromatic carbocycles. The lowest BCUT2D eigenvalue weighted by atomic mass is 10.2. The Labute approximate surface area is 113 Å². The summed E-state index contributed by atoms with van der Waals surface area (Å²) in [6.07, 6.45) is 4.64. The number of hydrogen-bond acceptors (Lipinski definition) is 4. The molecule has 1 N–H and O–H groups in total. The Morgan fingerprint density at radius 1 is 1.50 bits per heavy atom. The maximum absolute atomic E-state index is 4.53. The lowest BCUT2D eigenvalue weighted by Gasteiger charge is -2.31. The molecule has 1 aromatic rings. The molecule has 1 atom stereocenters. The Hall–Kier alpha value is -0.740. The van der Waals surface area contributed by atoms with Gasteiger partial charge in [0.05, 0.1) is 0 Å². The molecule has 2 aliphatic rings. The van der Waals surface area contributed by atoms with Gasteiger partial charge in [-0.25, -0.2) is 4.98 Å². The second kappa shape index (κ2) is 5.49. The number of anilines is 1. The molecule has 1 aliphatic heterocycles. The molecule has 2 fully saturated rings. The maximum atomic E-state index is 4.53. The quantitative estimate of drug-likeness (QED) is 0.902. The molecule has 0 radical (unpaired) electrons. The average molecular weight is 263 g/mol. The standard InChI is InChI=1S/C14H21N3S/c1-11-10-17(6-7-18-11)14-8-12(4-5-15-14)9-16-13-2-3-13/h4-5,8,11,13,16H,2-3,6-7,9-10H2,1H3. The van der Waals surface area contributed by atoms with Crippen molar-refractivity contribution in [3.63, 3.8) is 0 Å². The zero-order valence-electron chi connectivity index (χ0n) is 10.9. The lowest BCUT2D eigenvalue weighted by Crippen LogP contribution is -2.37. The second-order valence-corrected chi connectivity index (χ2v) is 6.85. The lowest BCUT2D eigenvalue weighted by molar-refractivity contribution is 0.685. The van der Waals surface area contributed by atoms with E-state index in [0.29, 0.717) is 5.25 Å². The third kappa shape index (κ3) is 3.18. The van der Waals surface area contributed by atoms with Gasteiger partial charge in [-0.2, -0.15) is 11.8 Å². The number of pyridine rings is 1. The van der Waals surface area contributed by atoms with Gasteiger partial charge in [0.15, 0.2) is 0 Å². The van der Waals surface area contributed by atoms with Crippen LogP contribution in [0.3, 0.4) is 0 Å². The first kappa shape index (κ1) is 12.3. The van der Waals surface area contributed by atoms with Gasteiger partial charge in [-0.3, -0.25) is 0 Å². The molecule has 4 heteroatoms. The van der Waals surface area contributed by atoms with E-state index in [1.165, 1.54) is 24.2 Å². The van der Waals surface area contributed by atoms with Crippen LogP contribution in [-0.4, -0.2) is 35.1 Å². The molecule has 0 bridgehead atoms. The van der Waals surface area contributed by atoms with Crippen molar-refractivity contribution in [2.75, 3.05) is 23.7 Å². The minimum absolute atomic E-state index is 0.716. The molecule has 1 aromatic heterocycles. The summed E-state index contributed by atoms with van der Waals surface area (Å²) in [6, 6.07) is 5.15. The van der Waals surface area contributed by atoms with Crippen LogP contribution in [0.4, 0.5) is 5.82 Å². The van der Waals surface area contributed by atoms with Gasteiger partial charge in [-0.05, 0) is 30.5 Å². The number of hydrogen-bond donors (Lipinski definition) is 1. The zero-order chi connectivity index (χ0) is 12.4. The van der Waals surface area contributed by atoms with E-state index in [4.69, 9.17) is 0 Å². The third-order valence-corrected chi connectivity index (χ3v) is 4.68. The molecule has 98 valence electrons. The van der Waals surface area contributed by atoms with Crippen LogP contribution in [0, 0.1) is 0 Å². The SMILES string of the molecule is CC1CN(c2cc(CNC3CC3)ccn2)CCS1. The van der Waals surface area contributed by atoms with Gasteiger partial charge in [-0.15, -0.1) is 0 Å². The molecule has 1 saturated heterocycles. The van der Waals surface area contributed by atoms with Crippen molar-refractivity contribution >= 4 is 17.6 Å². The first-order valence-corrected chi connectivity index (χ1v) is 7.91. The van der Waals surface area contributed by atoms with Crippen LogP contribution in [0.1, 0.15) is 25.3 Å². The van der Waals surface area contributed by atoms with E-state index in [1.54, 1.807) is 0 Å². The summed E-state index contributed by atoms with van der Waals surface area (Å²) in [5, 5.41) is 4.28. The van der Waals surface area contributed by atoms with Crippen LogP contribution < -0.4 is 10.2 Å². The number of nitrogens with zero attached hydrogens (tertiary/aromatic N) is 2. The van der Waals surface area contributed by atoms with Crippen LogP contribution in [0.5, 0.6) is 0 Å². The normalized spacial score (nSPS) is 24.3. The number of aromatic nitrogens is 1. The average Bonchev–Trinajstić information content (AvgIpc) is 3.21. The van der Waals surface area contributed by atoms with Gasteiger partial charge in [0, 0.05) is 42.9 Å². The third-order valence-electron chi connectivity index (χ3n) is 3.55. The van der Waals surface area contributed by atoms with E-state index < -0.39 is 0 Å². The van der Waals surface area contributed by atoms with Gasteiger partial charge in [0.1, 0.15) is 5.82 Å². The molecule has 0 spiro atoms. The van der Waals surface area contributed by atoms with Crippen molar-refractivity contribution < 1.29 is 0 Å². The fourth-order valence-corrected chi connectivity index (χ4v) is 3.33. The molecule has 1 aliphatic carbocycles. The smallest absolute Gasteiger partial charge is 0.128 e. The zero-order valence-corrected chi connectivity index (χ0v) is 11.7. The number of thioether (sulfide) groups is 1. The summed E-state index contributed by atoms with van der Waals surface area (Å²) in [5.74, 6) is 2.37. The minimum atomic E-state index is 0.716. The van der Waals surface area contributed by atoms with Gasteiger partial charge in [0.2, 0.25) is 0 Å². The number of rotatable bonds is 4. The minimum Gasteiger partial charge on any atom is -0.355 e. The summed E-state index contributed by atoms with van der Waals surface area (Å²) < 4.78 is 0. The van der Waals surface area contributed by atoms with Crippen molar-refractivity contribution in [3.8, 4) is 0 Å². The molecule has 0 amide bonds. The van der Waals surface area contributed by atoms with Crippen LogP contribution in [-0.2, 0) is 6.54 Å². The Morgan fingerprint density at radius 2 is 2.39 bits per heavy atom. The molecule has 2 heterocycles. The van der Waals surface area contributed by atoms with Crippen LogP contribution in [0.15, 0.2) is 18.3 Å². The highest BCUT2D eigenvalue weighted by Gasteiger charge is 2.21. The molecular weight excluding hydrogens is 242 g/mol. The van der Waals surface area contributed by atoms with Gasteiger partial charge in [0.25, 0.3) is 0 Å². The Balaban J connectivity index is 1.65. The molecular formula is C14H21N3S. The summed E-state index contributed by atoms with van der Waals surface area (Å²) in [5.41, 5.74) is 1.36. The van der Waals surface area contributed by atoms with E-state index in [0.717, 1.165) is 31.5 Å². The molecule has 1 unspecified atom stereocenters. The van der Waals surface area contributed by atoms with Crippen LogP contribution in [0.25, 0.3) is 0 Å². The van der Waals surface area contributed by atoms with E-state index in [-0.39, 0.29) is 0 Å². The highest BCUT2D eigenvalue weighted by molar-refractivity contribution is 8.00. The van der Waals surface area contributed by atoms with E-state index in [9.17, 15) is 0 Å². The van der Waals surface area contributed by atoms with Crippen molar-refractivity contribution in [1.29, 1.82) is 0 Å². The van der Waals surface area contributed by atoms with Crippen LogP contribution in [0.2, 0.25) is 0 Å². The van der Waals surface area contributed by atoms with Gasteiger partial charge < -0.3 is 10.2 Å². The fourth-order valence-electron chi connectivity index (χ4n) is 2.32. The first-order chi connectivity index (χ1) is 8.81. The largest absolute Gasteiger partial charge is 0.355 e. The summed E-state index contributed by atoms with van der Waals surface area (Å²) >= 11 is 2.06. The predicted molar refractivity (Wildman–Crippen MR) is 78.2 cm³/mol. The van der Waals surface area contributed by atoms with Crippen molar-refractivity contribution in [2.45, 2.75) is 37.6 Å². The molecule has 3 rings (SSSR count). The summed E-state index contributed by atoms with van der Waals surface area (Å²) in [7, 11) is 0. The van der Waals surface area contributed by atoms with E-state index >= 15 is 0 Å². The first-order valence-electron chi connectivity index (χ1n) is 6.86. The molecule has 18 heavy (non-hydrogen) atoms. The van der Waals surface area contributed by atoms with Gasteiger partial charge in [-0.1, -0.05) is 6.92 Å². The highest BCUT2D eigenvalue weighted by atomic mass is 32.2. The summed E-state index contributed by atoms with van der Waals surface area (Å²) in [4.78, 5) is 6.95. The Bertz CT molecular complexity index is 406. The van der Waals surface area contributed by atoms with E-state index in [1.807, 2.05) is 6.20 Å². The van der Waals surface area contributed by atoms with Crippen molar-refractivity contribution in [2.24, 2.45) is 0 Å². The van der Waals surface area contributed by atoms with Crippen LogP contribution >= 0.6 is 11.8 Å². The molecule has 1 saturated carbocycles. The van der Waals surface area contributed by atoms with Gasteiger partial charge >= 0.3 is 0 Å². The fraction of sp³-hybridized carbons (Fsp3) is 0.643. The second-order valence-electron chi connectivity index (χ2n) is 5.30.